The van der Waals surface area contributed by atoms with Gasteiger partial charge in [0, 0.05) is 35.8 Å². The molecule has 3 heterocycles. The van der Waals surface area contributed by atoms with E-state index in [2.05, 4.69) is 5.11 Å². The molecule has 8 heteroatoms. The third kappa shape index (κ3) is 4.31. The van der Waals surface area contributed by atoms with E-state index >= 15 is 0 Å². The van der Waals surface area contributed by atoms with Crippen molar-refractivity contribution in [3.05, 3.63) is 26.3 Å². The summed E-state index contributed by atoms with van der Waals surface area (Å²) < 4.78 is 169. The number of carbonyl (C=O) groups excluding carboxylic acids is 1. The number of aromatic hydroxyl groups is 1. The Kier molecular flexibility index (Phi) is 2.07. The topological polar surface area (TPSA) is 74.6 Å². The number of aromatic nitrogens is 1. The highest BCUT2D eigenvalue weighted by Crippen LogP contribution is 2.36. The lowest BCUT2D eigenvalue weighted by atomic mass is 10.1. The van der Waals surface area contributed by atoms with Gasteiger partial charge in [0.25, 0.3) is 12.9 Å². The van der Waals surface area contributed by atoms with Gasteiger partial charge in [-0.2, -0.15) is 0 Å². The summed E-state index contributed by atoms with van der Waals surface area (Å²) in [6.45, 7) is -18.4. The van der Waals surface area contributed by atoms with Gasteiger partial charge in [0.2, 0.25) is 0 Å². The standard InChI is InChI=1S/C19H26ClN3O3S/c1-12(2)23-18(26)15(16(24)13-11-14(20)27-19(13)23)17(25)21-7-6-10-22-8-4-3-5-9-22/h11-12,24H,3-10H2,1-2H3,(H,21,25)/i1D3,3D2,4D2,5D2,7D2,8D2,9D2,10D2,11D,12D/hD2. The van der Waals surface area contributed by atoms with Crippen molar-refractivity contribution < 1.29 is 37.4 Å². The molecule has 1 unspecified atom stereocenters. The van der Waals surface area contributed by atoms with Crippen LogP contribution in [0.15, 0.2) is 10.8 Å². The van der Waals surface area contributed by atoms with E-state index in [9.17, 15) is 9.59 Å². The van der Waals surface area contributed by atoms with Gasteiger partial charge in [-0.1, -0.05) is 18.0 Å². The molecule has 1 amide bonds. The van der Waals surface area contributed by atoms with E-state index in [0.29, 0.717) is 11.3 Å². The molecule has 1 aliphatic heterocycles. The summed E-state index contributed by atoms with van der Waals surface area (Å²) >= 11 is 6.40. The molecule has 1 saturated heterocycles. The number of nitrogens with one attached hydrogen (secondary N) is 1. The molecule has 0 saturated carbocycles. The van der Waals surface area contributed by atoms with E-state index < -0.39 is 118 Å². The lowest BCUT2D eigenvalue weighted by Gasteiger charge is -2.26. The first-order valence-corrected chi connectivity index (χ1v) is 8.40. The maximum Gasteiger partial charge on any atom is 0.293 e. The number of pyridine rings is 1. The average Bonchev–Trinajstić information content (AvgIpc) is 3.16. The molecular formula is C19H26ClN3O3S. The predicted octanol–water partition coefficient (Wildman–Crippen LogP) is 3.61. The summed E-state index contributed by atoms with van der Waals surface area (Å²) in [6.07, 6.45) is -13.9. The lowest BCUT2D eigenvalue weighted by Crippen LogP contribution is -2.36. The first kappa shape index (κ1) is 6.47. The first-order chi connectivity index (χ1) is 21.1. The normalized spacial score (nSPS) is 39.9. The number of carbonyl (C=O) groups is 1. The maximum absolute atomic E-state index is 13.7. The Morgan fingerprint density at radius 3 is 3.15 bits per heavy atom. The maximum atomic E-state index is 13.7. The molecule has 0 aliphatic carbocycles. The van der Waals surface area contributed by atoms with Crippen LogP contribution in [-0.4, -0.2) is 47.9 Å². The number of thiophene rings is 1. The van der Waals surface area contributed by atoms with Crippen molar-refractivity contribution in [3.8, 4) is 5.75 Å². The SMILES string of the molecule is [2H]Oc1c(C(=O)N([2H])C([2H])([2H])CC([2H])([2H])N2C([2H])([2H])C([2H])([2H])C([2H])([2H])C([2H])([2H])C2([2H])[2H])c(=O)n(C([2H])(C)C([2H])([2H])[2H])c2sc(Cl)c([2H])c12. The summed E-state index contributed by atoms with van der Waals surface area (Å²) in [5, 5.41) is 2.99. The van der Waals surface area contributed by atoms with E-state index in [1.165, 1.54) is 0 Å². The van der Waals surface area contributed by atoms with Crippen LogP contribution < -0.4 is 10.9 Å². The van der Waals surface area contributed by atoms with Crippen LogP contribution in [0.25, 0.3) is 10.2 Å². The molecule has 3 rings (SSSR count). The number of nitrogens with zero attached hydrogens (tertiary/aromatic N) is 2. The minimum absolute atomic E-state index is 0.192. The van der Waals surface area contributed by atoms with Gasteiger partial charge in [-0.3, -0.25) is 14.2 Å². The second kappa shape index (κ2) is 8.63. The number of rotatable bonds is 7. The quantitative estimate of drug-likeness (QED) is 0.700. The second-order valence-corrected chi connectivity index (χ2v) is 6.56. The van der Waals surface area contributed by atoms with Crippen molar-refractivity contribution in [2.75, 3.05) is 26.0 Å². The molecule has 1 atom stereocenters. The van der Waals surface area contributed by atoms with Gasteiger partial charge in [0.1, 0.15) is 16.1 Å². The largest absolute Gasteiger partial charge is 0.506 e. The van der Waals surface area contributed by atoms with Crippen molar-refractivity contribution >= 4 is 39.1 Å². The number of amides is 1. The van der Waals surface area contributed by atoms with Crippen molar-refractivity contribution in [1.82, 2.24) is 14.8 Å². The van der Waals surface area contributed by atoms with Gasteiger partial charge in [0.15, 0.2) is 1.41 Å². The Hall–Kier alpha value is -1.57. The fraction of sp³-hybridized carbons (Fsp3) is 0.579. The number of hydrogen-bond donors (Lipinski definition) is 2. The molecule has 0 spiro atoms. The van der Waals surface area contributed by atoms with E-state index in [1.54, 1.807) is 0 Å². The Morgan fingerprint density at radius 1 is 1.67 bits per heavy atom. The summed E-state index contributed by atoms with van der Waals surface area (Å²) in [4.78, 5) is 26.2. The van der Waals surface area contributed by atoms with Crippen molar-refractivity contribution in [2.24, 2.45) is 0 Å². The minimum Gasteiger partial charge on any atom is -0.506 e. The third-order valence-corrected chi connectivity index (χ3v) is 4.39. The zero-order valence-electron chi connectivity index (χ0n) is 34.6. The molecular weight excluding hydrogens is 386 g/mol. The summed E-state index contributed by atoms with van der Waals surface area (Å²) in [6, 6.07) is -3.66. The Bertz CT molecular complexity index is 1670. The highest BCUT2D eigenvalue weighted by atomic mass is 35.5. The highest BCUT2D eigenvalue weighted by Gasteiger charge is 2.24. The molecule has 148 valence electrons. The van der Waals surface area contributed by atoms with Gasteiger partial charge < -0.3 is 15.3 Å². The minimum atomic E-state index is -4.07. The lowest BCUT2D eigenvalue weighted by molar-refractivity contribution is 0.0946. The number of halogens is 1. The van der Waals surface area contributed by atoms with Crippen LogP contribution in [-0.2, 0) is 0 Å². The van der Waals surface area contributed by atoms with E-state index in [4.69, 9.17) is 40.5 Å². The molecule has 0 bridgehead atoms. The monoisotopic (exact) mass is 432 g/mol. The fourth-order valence-electron chi connectivity index (χ4n) is 2.13. The molecule has 27 heavy (non-hydrogen) atoms. The Labute approximate surface area is 197 Å². The molecule has 6 nitrogen and oxygen atoms in total. The first-order valence-electron chi connectivity index (χ1n) is 17.6. The van der Waals surface area contributed by atoms with Crippen molar-refractivity contribution in [1.29, 1.82) is 1.43 Å². The van der Waals surface area contributed by atoms with Crippen LogP contribution in [0.4, 0.5) is 0 Å². The second-order valence-electron chi connectivity index (χ2n) is 4.95. The van der Waals surface area contributed by atoms with Gasteiger partial charge >= 0.3 is 0 Å². The fourth-order valence-corrected chi connectivity index (χ4v) is 3.32. The summed E-state index contributed by atoms with van der Waals surface area (Å²) in [7, 11) is 0. The van der Waals surface area contributed by atoms with Crippen LogP contribution in [0.3, 0.4) is 0 Å². The van der Waals surface area contributed by atoms with Crippen molar-refractivity contribution in [2.45, 2.75) is 45.3 Å². The molecule has 2 aromatic rings. The van der Waals surface area contributed by atoms with Gasteiger partial charge in [0.05, 0.1) is 12.5 Å². The van der Waals surface area contributed by atoms with E-state index in [1.807, 2.05) is 0 Å². The number of piperidine rings is 1. The zero-order valence-corrected chi connectivity index (χ0v) is 15.1. The van der Waals surface area contributed by atoms with Crippen LogP contribution in [0.1, 0.15) is 81.7 Å². The van der Waals surface area contributed by atoms with Crippen molar-refractivity contribution in [3.63, 3.8) is 0 Å². The Balaban J connectivity index is 2.26. The van der Waals surface area contributed by atoms with E-state index in [-0.39, 0.29) is 4.57 Å². The van der Waals surface area contributed by atoms with Crippen LogP contribution in [0, 0.1) is 0 Å². The molecule has 1 aliphatic rings. The van der Waals surface area contributed by atoms with Crippen LogP contribution >= 0.6 is 22.9 Å². The molecule has 2 aromatic heterocycles. The third-order valence-electron chi connectivity index (χ3n) is 3.20. The zero-order chi connectivity index (χ0) is 38.0. The number of likely N-dealkylation sites (tertiary alicyclic amines) is 1. The van der Waals surface area contributed by atoms with Gasteiger partial charge in [-0.25, -0.2) is 0 Å². The molecule has 1 fully saturated rings. The predicted molar refractivity (Wildman–Crippen MR) is 110 cm³/mol. The molecule has 0 radical (unpaired) electrons. The van der Waals surface area contributed by atoms with Crippen LogP contribution in [0.5, 0.6) is 5.75 Å². The highest BCUT2D eigenvalue weighted by molar-refractivity contribution is 7.22. The smallest absolute Gasteiger partial charge is 0.293 e. The average molecular weight is 433 g/mol. The summed E-state index contributed by atoms with van der Waals surface area (Å²) in [5.41, 5.74) is -3.24. The Morgan fingerprint density at radius 2 is 2.44 bits per heavy atom. The van der Waals surface area contributed by atoms with Crippen LogP contribution in [0.2, 0.25) is 5.75 Å². The van der Waals surface area contributed by atoms with Gasteiger partial charge in [-0.15, -0.1) is 11.3 Å². The molecule has 0 aromatic carbocycles. The summed E-state index contributed by atoms with van der Waals surface area (Å²) in [5.74, 6) is -3.22. The van der Waals surface area contributed by atoms with E-state index in [0.717, 1.165) is 6.92 Å². The number of hydrogen-bond acceptors (Lipinski definition) is 5. The molecule has 2 N–H and O–H groups in total. The number of fused-ring (bicyclic) bond motifs is 1. The van der Waals surface area contributed by atoms with Gasteiger partial charge in [-0.05, 0) is 58.5 Å².